The molecule has 0 amide bonds. The summed E-state index contributed by atoms with van der Waals surface area (Å²) in [5.41, 5.74) is 3.15. The van der Waals surface area contributed by atoms with Crippen LogP contribution < -0.4 is 5.32 Å². The lowest BCUT2D eigenvalue weighted by Gasteiger charge is -2.21. The lowest BCUT2D eigenvalue weighted by atomic mass is 9.95. The second-order valence-electron chi connectivity index (χ2n) is 4.54. The van der Waals surface area contributed by atoms with E-state index in [4.69, 9.17) is 4.74 Å². The molecule has 0 radical (unpaired) electrons. The highest BCUT2D eigenvalue weighted by Crippen LogP contribution is 2.22. The van der Waals surface area contributed by atoms with Crippen LogP contribution in [-0.2, 0) is 4.74 Å². The Hall–Kier alpha value is -1.61. The Morgan fingerprint density at radius 3 is 2.72 bits per heavy atom. The van der Waals surface area contributed by atoms with Crippen LogP contribution in [0.15, 0.2) is 30.3 Å². The molecule has 3 heteroatoms. The number of nitrogens with one attached hydrogen (secondary N) is 1. The molecule has 3 nitrogen and oxygen atoms in total. The zero-order valence-electron chi connectivity index (χ0n) is 10.9. The highest BCUT2D eigenvalue weighted by atomic mass is 16.5. The first-order chi connectivity index (χ1) is 8.70. The number of esters is 1. The summed E-state index contributed by atoms with van der Waals surface area (Å²) in [6.45, 7) is 5.32. The van der Waals surface area contributed by atoms with Crippen molar-refractivity contribution in [2.24, 2.45) is 0 Å². The summed E-state index contributed by atoms with van der Waals surface area (Å²) < 4.78 is 4.97. The second kappa shape index (κ2) is 5.83. The Bertz CT molecular complexity index is 448. The van der Waals surface area contributed by atoms with Crippen molar-refractivity contribution in [2.75, 3.05) is 13.2 Å². The van der Waals surface area contributed by atoms with Gasteiger partial charge in [0.15, 0.2) is 0 Å². The summed E-state index contributed by atoms with van der Waals surface area (Å²) in [5.74, 6) is -0.253. The lowest BCUT2D eigenvalue weighted by molar-refractivity contribution is 0.0526. The molecule has 1 heterocycles. The van der Waals surface area contributed by atoms with Crippen molar-refractivity contribution in [2.45, 2.75) is 26.3 Å². The van der Waals surface area contributed by atoms with Gasteiger partial charge >= 0.3 is 5.97 Å². The van der Waals surface area contributed by atoms with Gasteiger partial charge in [-0.15, -0.1) is 0 Å². The van der Waals surface area contributed by atoms with Crippen LogP contribution in [0.2, 0.25) is 0 Å². The highest BCUT2D eigenvalue weighted by Gasteiger charge is 2.12. The molecule has 0 fully saturated rings. The number of carbonyl (C=O) groups is 1. The predicted octanol–water partition coefficient (Wildman–Crippen LogP) is 2.63. The molecule has 1 aromatic carbocycles. The molecule has 0 spiro atoms. The van der Waals surface area contributed by atoms with Crippen LogP contribution in [0.25, 0.3) is 5.57 Å². The summed E-state index contributed by atoms with van der Waals surface area (Å²) >= 11 is 0. The van der Waals surface area contributed by atoms with Crippen LogP contribution in [0, 0.1) is 0 Å². The lowest BCUT2D eigenvalue weighted by Crippen LogP contribution is -2.29. The molecule has 0 bridgehead atoms. The van der Waals surface area contributed by atoms with E-state index in [1.165, 1.54) is 11.1 Å². The van der Waals surface area contributed by atoms with E-state index in [0.717, 1.165) is 13.0 Å². The van der Waals surface area contributed by atoms with E-state index in [2.05, 4.69) is 18.3 Å². The monoisotopic (exact) mass is 245 g/mol. The molecule has 2 rings (SSSR count). The van der Waals surface area contributed by atoms with E-state index in [1.807, 2.05) is 31.2 Å². The van der Waals surface area contributed by atoms with Gasteiger partial charge in [0.05, 0.1) is 12.2 Å². The van der Waals surface area contributed by atoms with E-state index in [-0.39, 0.29) is 5.97 Å². The minimum absolute atomic E-state index is 0.253. The smallest absolute Gasteiger partial charge is 0.338 e. The van der Waals surface area contributed by atoms with Crippen LogP contribution in [0.3, 0.4) is 0 Å². The van der Waals surface area contributed by atoms with Crippen LogP contribution >= 0.6 is 0 Å². The SMILES string of the molecule is CCOC(=O)c1ccc(C2=CCNC(C)C2)cc1. The second-order valence-corrected chi connectivity index (χ2v) is 4.54. The summed E-state index contributed by atoms with van der Waals surface area (Å²) in [6, 6.07) is 8.17. The fourth-order valence-corrected chi connectivity index (χ4v) is 2.14. The third-order valence-electron chi connectivity index (χ3n) is 3.11. The summed E-state index contributed by atoms with van der Waals surface area (Å²) in [5, 5.41) is 3.38. The minimum Gasteiger partial charge on any atom is -0.462 e. The topological polar surface area (TPSA) is 38.3 Å². The van der Waals surface area contributed by atoms with Crippen molar-refractivity contribution in [3.63, 3.8) is 0 Å². The maximum Gasteiger partial charge on any atom is 0.338 e. The highest BCUT2D eigenvalue weighted by molar-refractivity contribution is 5.89. The molecule has 1 atom stereocenters. The van der Waals surface area contributed by atoms with Crippen molar-refractivity contribution in [1.29, 1.82) is 0 Å². The summed E-state index contributed by atoms with van der Waals surface area (Å²) in [6.07, 6.45) is 3.23. The zero-order valence-corrected chi connectivity index (χ0v) is 10.9. The van der Waals surface area contributed by atoms with Crippen LogP contribution in [0.4, 0.5) is 0 Å². The summed E-state index contributed by atoms with van der Waals surface area (Å²) in [7, 11) is 0. The standard InChI is InChI=1S/C15H19NO2/c1-3-18-15(17)13-6-4-12(5-7-13)14-8-9-16-11(2)10-14/h4-8,11,16H,3,9-10H2,1-2H3. The van der Waals surface area contributed by atoms with Crippen molar-refractivity contribution in [1.82, 2.24) is 5.32 Å². The molecule has 18 heavy (non-hydrogen) atoms. The van der Waals surface area contributed by atoms with E-state index < -0.39 is 0 Å². The van der Waals surface area contributed by atoms with E-state index in [1.54, 1.807) is 0 Å². The van der Waals surface area contributed by atoms with Crippen LogP contribution in [0.1, 0.15) is 36.2 Å². The van der Waals surface area contributed by atoms with Crippen molar-refractivity contribution in [3.8, 4) is 0 Å². The molecule has 1 aliphatic heterocycles. The predicted molar refractivity (Wildman–Crippen MR) is 72.5 cm³/mol. The number of carbonyl (C=O) groups excluding carboxylic acids is 1. The van der Waals surface area contributed by atoms with Gasteiger partial charge in [0, 0.05) is 12.6 Å². The Labute approximate surface area is 108 Å². The Balaban J connectivity index is 2.12. The minimum atomic E-state index is -0.253. The molecule has 0 aromatic heterocycles. The zero-order chi connectivity index (χ0) is 13.0. The van der Waals surface area contributed by atoms with Crippen molar-refractivity contribution in [3.05, 3.63) is 41.5 Å². The molecule has 1 aliphatic rings. The van der Waals surface area contributed by atoms with Gasteiger partial charge in [0.2, 0.25) is 0 Å². The van der Waals surface area contributed by atoms with E-state index in [0.29, 0.717) is 18.2 Å². The van der Waals surface area contributed by atoms with Gasteiger partial charge in [0.1, 0.15) is 0 Å². The quantitative estimate of drug-likeness (QED) is 0.832. The molecule has 0 saturated carbocycles. The number of ether oxygens (including phenoxy) is 1. The average molecular weight is 245 g/mol. The van der Waals surface area contributed by atoms with E-state index >= 15 is 0 Å². The normalized spacial score (nSPS) is 19.2. The molecule has 0 aliphatic carbocycles. The van der Waals surface area contributed by atoms with Gasteiger partial charge in [0.25, 0.3) is 0 Å². The molecule has 1 N–H and O–H groups in total. The number of hydrogen-bond acceptors (Lipinski definition) is 3. The Kier molecular flexibility index (Phi) is 4.15. The van der Waals surface area contributed by atoms with Gasteiger partial charge in [-0.1, -0.05) is 18.2 Å². The molecule has 1 unspecified atom stereocenters. The van der Waals surface area contributed by atoms with Crippen LogP contribution in [0.5, 0.6) is 0 Å². The Morgan fingerprint density at radius 2 is 2.11 bits per heavy atom. The van der Waals surface area contributed by atoms with Gasteiger partial charge < -0.3 is 10.1 Å². The van der Waals surface area contributed by atoms with Gasteiger partial charge in [-0.3, -0.25) is 0 Å². The van der Waals surface area contributed by atoms with Crippen molar-refractivity contribution < 1.29 is 9.53 Å². The molecular formula is C15H19NO2. The van der Waals surface area contributed by atoms with Crippen molar-refractivity contribution >= 4 is 11.5 Å². The maximum atomic E-state index is 11.5. The number of rotatable bonds is 3. The first kappa shape index (κ1) is 12.8. The third-order valence-corrected chi connectivity index (χ3v) is 3.11. The van der Waals surface area contributed by atoms with Gasteiger partial charge in [-0.25, -0.2) is 4.79 Å². The number of benzene rings is 1. The summed E-state index contributed by atoms with van der Waals surface area (Å²) in [4.78, 5) is 11.5. The van der Waals surface area contributed by atoms with Gasteiger partial charge in [-0.05, 0) is 43.5 Å². The average Bonchev–Trinajstić information content (AvgIpc) is 2.39. The molecule has 0 saturated heterocycles. The maximum absolute atomic E-state index is 11.5. The largest absolute Gasteiger partial charge is 0.462 e. The molecule has 1 aromatic rings. The van der Waals surface area contributed by atoms with E-state index in [9.17, 15) is 4.79 Å². The molecule has 96 valence electrons. The first-order valence-electron chi connectivity index (χ1n) is 6.40. The fraction of sp³-hybridized carbons (Fsp3) is 0.400. The Morgan fingerprint density at radius 1 is 1.39 bits per heavy atom. The third kappa shape index (κ3) is 2.99. The fourth-order valence-electron chi connectivity index (χ4n) is 2.14. The van der Waals surface area contributed by atoms with Crippen LogP contribution in [-0.4, -0.2) is 25.2 Å². The first-order valence-corrected chi connectivity index (χ1v) is 6.40. The van der Waals surface area contributed by atoms with Gasteiger partial charge in [-0.2, -0.15) is 0 Å². The number of hydrogen-bond donors (Lipinski definition) is 1. The molecular weight excluding hydrogens is 226 g/mol.